The van der Waals surface area contributed by atoms with E-state index in [0.717, 1.165) is 22.5 Å². The predicted octanol–water partition coefficient (Wildman–Crippen LogP) is 1.92. The van der Waals surface area contributed by atoms with Gasteiger partial charge in [-0.25, -0.2) is 18.5 Å². The lowest BCUT2D eigenvalue weighted by molar-refractivity contribution is 0.598. The van der Waals surface area contributed by atoms with E-state index in [0.29, 0.717) is 15.8 Å². The summed E-state index contributed by atoms with van der Waals surface area (Å²) in [5, 5.41) is 7.28. The molecule has 22 heavy (non-hydrogen) atoms. The maximum Gasteiger partial charge on any atom is 0.259 e. The number of primary sulfonamides is 1. The number of nitrogens with one attached hydrogen (secondary N) is 1. The van der Waals surface area contributed by atoms with Crippen LogP contribution in [0.1, 0.15) is 11.1 Å². The van der Waals surface area contributed by atoms with Crippen LogP contribution in [0.4, 0.5) is 0 Å². The Morgan fingerprint density at radius 3 is 2.68 bits per heavy atom. The second-order valence-electron chi connectivity index (χ2n) is 5.05. The molecule has 0 fully saturated rings. The summed E-state index contributed by atoms with van der Waals surface area (Å²) in [7, 11) is -3.87. The van der Waals surface area contributed by atoms with E-state index in [1.807, 2.05) is 19.9 Å². The fourth-order valence-electron chi connectivity index (χ4n) is 2.40. The number of fused-ring (bicyclic) bond motifs is 1. The summed E-state index contributed by atoms with van der Waals surface area (Å²) in [4.78, 5) is 19.7. The summed E-state index contributed by atoms with van der Waals surface area (Å²) in [6, 6.07) is 5.09. The number of rotatable bonds is 2. The number of aryl methyl sites for hydroxylation is 2. The van der Waals surface area contributed by atoms with Gasteiger partial charge in [-0.3, -0.25) is 4.79 Å². The van der Waals surface area contributed by atoms with Crippen molar-refractivity contribution in [1.82, 2.24) is 9.97 Å². The van der Waals surface area contributed by atoms with Crippen molar-refractivity contribution < 1.29 is 8.42 Å². The lowest BCUT2D eigenvalue weighted by atomic mass is 10.1. The molecule has 2 aromatic heterocycles. The summed E-state index contributed by atoms with van der Waals surface area (Å²) in [6.07, 6.45) is 0. The molecule has 8 heteroatoms. The van der Waals surface area contributed by atoms with Crippen LogP contribution in [0.15, 0.2) is 33.3 Å². The minimum atomic E-state index is -3.87. The van der Waals surface area contributed by atoms with Gasteiger partial charge in [0, 0.05) is 0 Å². The van der Waals surface area contributed by atoms with E-state index in [9.17, 15) is 13.2 Å². The van der Waals surface area contributed by atoms with Crippen molar-refractivity contribution in [2.75, 3.05) is 0 Å². The fraction of sp³-hybridized carbons (Fsp3) is 0.143. The molecule has 2 heterocycles. The maximum absolute atomic E-state index is 12.3. The number of hydrogen-bond donors (Lipinski definition) is 2. The third-order valence-electron chi connectivity index (χ3n) is 3.30. The van der Waals surface area contributed by atoms with Gasteiger partial charge in [0.25, 0.3) is 5.56 Å². The molecule has 0 saturated heterocycles. The van der Waals surface area contributed by atoms with Gasteiger partial charge in [0.05, 0.1) is 15.8 Å². The molecule has 6 nitrogen and oxygen atoms in total. The number of aromatic amines is 1. The fourth-order valence-corrected chi connectivity index (χ4v) is 4.32. The first-order valence-corrected chi connectivity index (χ1v) is 8.82. The highest BCUT2D eigenvalue weighted by atomic mass is 32.2. The molecule has 1 aromatic carbocycles. The Bertz CT molecular complexity index is 1050. The lowest BCUT2D eigenvalue weighted by Gasteiger charge is -2.06. The highest BCUT2D eigenvalue weighted by Gasteiger charge is 2.19. The number of thiophene rings is 1. The van der Waals surface area contributed by atoms with Crippen LogP contribution in [-0.4, -0.2) is 18.4 Å². The van der Waals surface area contributed by atoms with E-state index in [1.54, 1.807) is 11.4 Å². The molecule has 0 amide bonds. The van der Waals surface area contributed by atoms with Crippen LogP contribution in [0.2, 0.25) is 0 Å². The monoisotopic (exact) mass is 335 g/mol. The molecule has 3 rings (SSSR count). The lowest BCUT2D eigenvalue weighted by Crippen LogP contribution is -2.14. The van der Waals surface area contributed by atoms with Gasteiger partial charge in [0.15, 0.2) is 5.82 Å². The molecule has 0 radical (unpaired) electrons. The Labute approximate surface area is 130 Å². The highest BCUT2D eigenvalue weighted by molar-refractivity contribution is 7.89. The minimum Gasteiger partial charge on any atom is -0.305 e. The Morgan fingerprint density at radius 2 is 2.00 bits per heavy atom. The summed E-state index contributed by atoms with van der Waals surface area (Å²) in [5.74, 6) is 0.212. The molecule has 0 saturated carbocycles. The highest BCUT2D eigenvalue weighted by Crippen LogP contribution is 2.30. The molecule has 0 spiro atoms. The molecular formula is C14H13N3O3S2. The van der Waals surface area contributed by atoms with Gasteiger partial charge in [-0.15, -0.1) is 11.3 Å². The van der Waals surface area contributed by atoms with Crippen LogP contribution in [0.25, 0.3) is 21.6 Å². The first-order valence-electron chi connectivity index (χ1n) is 6.39. The van der Waals surface area contributed by atoms with Crippen LogP contribution >= 0.6 is 11.3 Å². The van der Waals surface area contributed by atoms with Crippen molar-refractivity contribution >= 4 is 32.3 Å². The van der Waals surface area contributed by atoms with E-state index < -0.39 is 10.0 Å². The molecule has 0 aliphatic carbocycles. The Balaban J connectivity index is 2.35. The second kappa shape index (κ2) is 5.01. The predicted molar refractivity (Wildman–Crippen MR) is 86.5 cm³/mol. The summed E-state index contributed by atoms with van der Waals surface area (Å²) >= 11 is 1.16. The van der Waals surface area contributed by atoms with Gasteiger partial charge in [0.1, 0.15) is 4.90 Å². The van der Waals surface area contributed by atoms with Gasteiger partial charge in [-0.05, 0) is 42.5 Å². The largest absolute Gasteiger partial charge is 0.305 e. The third kappa shape index (κ3) is 2.45. The first-order chi connectivity index (χ1) is 10.3. The average Bonchev–Trinajstić information content (AvgIpc) is 2.89. The molecule has 3 aromatic rings. The molecular weight excluding hydrogens is 322 g/mol. The first kappa shape index (κ1) is 14.9. The number of hydrogen-bond acceptors (Lipinski definition) is 5. The average molecular weight is 335 g/mol. The molecule has 114 valence electrons. The van der Waals surface area contributed by atoms with Gasteiger partial charge < -0.3 is 4.98 Å². The normalized spacial score (nSPS) is 12.0. The zero-order valence-electron chi connectivity index (χ0n) is 11.9. The van der Waals surface area contributed by atoms with Gasteiger partial charge >= 0.3 is 0 Å². The zero-order valence-corrected chi connectivity index (χ0v) is 13.5. The van der Waals surface area contributed by atoms with Crippen molar-refractivity contribution in [3.63, 3.8) is 0 Å². The van der Waals surface area contributed by atoms with Crippen molar-refractivity contribution in [3.8, 4) is 10.7 Å². The van der Waals surface area contributed by atoms with E-state index in [1.165, 1.54) is 6.07 Å². The molecule has 0 aliphatic heterocycles. The number of H-pyrrole nitrogens is 1. The van der Waals surface area contributed by atoms with Gasteiger partial charge in [-0.1, -0.05) is 6.07 Å². The van der Waals surface area contributed by atoms with E-state index >= 15 is 0 Å². The molecule has 0 unspecified atom stereocenters. The van der Waals surface area contributed by atoms with Crippen LogP contribution in [0, 0.1) is 13.8 Å². The summed E-state index contributed by atoms with van der Waals surface area (Å²) in [6.45, 7) is 3.76. The van der Waals surface area contributed by atoms with Crippen molar-refractivity contribution in [1.29, 1.82) is 0 Å². The topological polar surface area (TPSA) is 106 Å². The second-order valence-corrected chi connectivity index (χ2v) is 7.50. The van der Waals surface area contributed by atoms with Crippen LogP contribution in [0.3, 0.4) is 0 Å². The number of benzene rings is 1. The molecule has 0 bridgehead atoms. The standard InChI is InChI=1S/C14H13N3O3S2/c1-7-5-8(2)11-9(6-7)14(18)17-13(16-11)12-10(3-4-21-12)22(15,19)20/h3-6H,1-2H3,(H2,15,19,20)(H,16,17,18). The number of aromatic nitrogens is 2. The van der Waals surface area contributed by atoms with Crippen molar-refractivity contribution in [3.05, 3.63) is 45.1 Å². The van der Waals surface area contributed by atoms with Crippen LogP contribution < -0.4 is 10.7 Å². The Hall–Kier alpha value is -2.03. The summed E-state index contributed by atoms with van der Waals surface area (Å²) in [5.41, 5.74) is 2.07. The molecule has 0 atom stereocenters. The van der Waals surface area contributed by atoms with Crippen molar-refractivity contribution in [2.45, 2.75) is 18.7 Å². The number of sulfonamides is 1. The molecule has 0 aliphatic rings. The van der Waals surface area contributed by atoms with E-state index in [-0.39, 0.29) is 16.3 Å². The van der Waals surface area contributed by atoms with E-state index in [2.05, 4.69) is 9.97 Å². The zero-order chi connectivity index (χ0) is 16.1. The van der Waals surface area contributed by atoms with Crippen molar-refractivity contribution in [2.24, 2.45) is 5.14 Å². The minimum absolute atomic E-state index is 0.0373. The van der Waals surface area contributed by atoms with E-state index in [4.69, 9.17) is 5.14 Å². The number of nitrogens with two attached hydrogens (primary N) is 1. The summed E-state index contributed by atoms with van der Waals surface area (Å²) < 4.78 is 23.2. The Morgan fingerprint density at radius 1 is 1.27 bits per heavy atom. The van der Waals surface area contributed by atoms with Gasteiger partial charge in [-0.2, -0.15) is 0 Å². The van der Waals surface area contributed by atoms with Gasteiger partial charge in [0.2, 0.25) is 10.0 Å². The SMILES string of the molecule is Cc1cc(C)c2nc(-c3sccc3S(N)(=O)=O)[nH]c(=O)c2c1. The van der Waals surface area contributed by atoms with Crippen LogP contribution in [-0.2, 0) is 10.0 Å². The molecule has 3 N–H and O–H groups in total. The Kier molecular flexibility index (Phi) is 3.39. The quantitative estimate of drug-likeness (QED) is 0.746. The third-order valence-corrected chi connectivity index (χ3v) is 5.30. The smallest absolute Gasteiger partial charge is 0.259 e. The van der Waals surface area contributed by atoms with Crippen LogP contribution in [0.5, 0.6) is 0 Å². The number of nitrogens with zero attached hydrogens (tertiary/aromatic N) is 1. The maximum atomic E-state index is 12.3.